The first-order valence-electron chi connectivity index (χ1n) is 5.77. The Hall–Kier alpha value is -0.910. The predicted octanol–water partition coefficient (Wildman–Crippen LogP) is 1.86. The molecule has 98 valence electrons. The van der Waals surface area contributed by atoms with Crippen LogP contribution in [0.15, 0.2) is 0 Å². The van der Waals surface area contributed by atoms with E-state index in [0.717, 1.165) is 5.75 Å². The van der Waals surface area contributed by atoms with Crippen molar-refractivity contribution in [3.63, 3.8) is 0 Å². The van der Waals surface area contributed by atoms with Crippen LogP contribution in [0, 0.1) is 0 Å². The third-order valence-electron chi connectivity index (χ3n) is 2.56. The molecule has 1 aliphatic rings. The van der Waals surface area contributed by atoms with Crippen molar-refractivity contribution < 1.29 is 19.1 Å². The normalized spacial score (nSPS) is 23.6. The van der Waals surface area contributed by atoms with Crippen LogP contribution in [0.3, 0.4) is 0 Å². The van der Waals surface area contributed by atoms with E-state index in [1.54, 1.807) is 30.5 Å². The molecule has 1 saturated heterocycles. The quantitative estimate of drug-likeness (QED) is 0.723. The number of hydrogen-bond acceptors (Lipinski definition) is 5. The number of thioether (sulfide) groups is 1. The molecule has 0 spiro atoms. The van der Waals surface area contributed by atoms with Crippen molar-refractivity contribution in [1.29, 1.82) is 0 Å². The van der Waals surface area contributed by atoms with Crippen molar-refractivity contribution in [2.75, 3.05) is 25.5 Å². The van der Waals surface area contributed by atoms with E-state index in [-0.39, 0.29) is 18.5 Å². The summed E-state index contributed by atoms with van der Waals surface area (Å²) in [6.45, 7) is 6.72. The molecule has 1 fully saturated rings. The van der Waals surface area contributed by atoms with E-state index in [2.05, 4.69) is 0 Å². The highest BCUT2D eigenvalue weighted by atomic mass is 32.2. The van der Waals surface area contributed by atoms with E-state index in [0.29, 0.717) is 19.8 Å². The first kappa shape index (κ1) is 14.2. The van der Waals surface area contributed by atoms with Gasteiger partial charge in [0.25, 0.3) is 0 Å². The molecule has 0 bridgehead atoms. The van der Waals surface area contributed by atoms with Gasteiger partial charge in [0.15, 0.2) is 0 Å². The summed E-state index contributed by atoms with van der Waals surface area (Å²) in [5.41, 5.74) is 0. The van der Waals surface area contributed by atoms with Gasteiger partial charge in [-0.2, -0.15) is 0 Å². The van der Waals surface area contributed by atoms with E-state index in [1.807, 2.05) is 6.92 Å². The highest BCUT2D eigenvalue weighted by Crippen LogP contribution is 2.38. The van der Waals surface area contributed by atoms with E-state index in [4.69, 9.17) is 9.47 Å². The second kappa shape index (κ2) is 6.14. The Bertz CT molecular complexity index is 297. The van der Waals surface area contributed by atoms with Crippen molar-refractivity contribution in [1.82, 2.24) is 4.90 Å². The fourth-order valence-corrected chi connectivity index (χ4v) is 3.04. The maximum atomic E-state index is 11.7. The van der Waals surface area contributed by atoms with Crippen LogP contribution in [0.4, 0.5) is 4.79 Å². The van der Waals surface area contributed by atoms with Crippen LogP contribution < -0.4 is 0 Å². The summed E-state index contributed by atoms with van der Waals surface area (Å²) < 4.78 is 9.91. The number of rotatable bonds is 4. The van der Waals surface area contributed by atoms with Gasteiger partial charge < -0.3 is 9.47 Å². The first-order chi connectivity index (χ1) is 8.03. The lowest BCUT2D eigenvalue weighted by molar-refractivity contribution is -0.144. The van der Waals surface area contributed by atoms with Crippen molar-refractivity contribution in [2.24, 2.45) is 0 Å². The van der Waals surface area contributed by atoms with Gasteiger partial charge >= 0.3 is 12.1 Å². The number of hydrogen-bond donors (Lipinski definition) is 0. The molecule has 0 N–H and O–H groups in total. The van der Waals surface area contributed by atoms with Crippen molar-refractivity contribution >= 4 is 23.8 Å². The molecule has 1 rings (SSSR count). The molecule has 0 saturated carbocycles. The topological polar surface area (TPSA) is 55.8 Å². The monoisotopic (exact) mass is 261 g/mol. The highest BCUT2D eigenvalue weighted by molar-refractivity contribution is 8.00. The molecule has 5 nitrogen and oxygen atoms in total. The van der Waals surface area contributed by atoms with Gasteiger partial charge in [-0.3, -0.25) is 9.69 Å². The highest BCUT2D eigenvalue weighted by Gasteiger charge is 2.43. The van der Waals surface area contributed by atoms with Crippen LogP contribution in [0.5, 0.6) is 0 Å². The SMILES string of the molecule is CCOC(=O)C[C@]1(C)SCCN1C(=O)OCC. The molecule has 0 aromatic heterocycles. The lowest BCUT2D eigenvalue weighted by Crippen LogP contribution is -2.45. The number of esters is 1. The summed E-state index contributed by atoms with van der Waals surface area (Å²) in [4.78, 5) is 24.3. The van der Waals surface area contributed by atoms with E-state index >= 15 is 0 Å². The van der Waals surface area contributed by atoms with Crippen LogP contribution in [0.2, 0.25) is 0 Å². The fraction of sp³-hybridized carbons (Fsp3) is 0.818. The van der Waals surface area contributed by atoms with Gasteiger partial charge in [0, 0.05) is 12.3 Å². The summed E-state index contributed by atoms with van der Waals surface area (Å²) in [5, 5.41) is 0. The lowest BCUT2D eigenvalue weighted by atomic mass is 10.2. The van der Waals surface area contributed by atoms with E-state index < -0.39 is 4.87 Å². The predicted molar refractivity (Wildman–Crippen MR) is 65.8 cm³/mol. The molecule has 1 heterocycles. The summed E-state index contributed by atoms with van der Waals surface area (Å²) in [7, 11) is 0. The summed E-state index contributed by atoms with van der Waals surface area (Å²) >= 11 is 1.59. The first-order valence-corrected chi connectivity index (χ1v) is 6.76. The minimum Gasteiger partial charge on any atom is -0.466 e. The van der Waals surface area contributed by atoms with Crippen LogP contribution in [0.25, 0.3) is 0 Å². The molecule has 6 heteroatoms. The van der Waals surface area contributed by atoms with Gasteiger partial charge in [-0.05, 0) is 20.8 Å². The third-order valence-corrected chi connectivity index (χ3v) is 3.94. The maximum Gasteiger partial charge on any atom is 0.410 e. The van der Waals surface area contributed by atoms with Crippen LogP contribution in [-0.4, -0.2) is 47.3 Å². The zero-order valence-electron chi connectivity index (χ0n) is 10.5. The summed E-state index contributed by atoms with van der Waals surface area (Å²) in [5.74, 6) is 0.535. The fourth-order valence-electron chi connectivity index (χ4n) is 1.78. The molecule has 1 amide bonds. The van der Waals surface area contributed by atoms with Gasteiger partial charge in [-0.15, -0.1) is 11.8 Å². The third kappa shape index (κ3) is 3.52. The smallest absolute Gasteiger partial charge is 0.410 e. The van der Waals surface area contributed by atoms with Gasteiger partial charge in [0.05, 0.1) is 24.5 Å². The van der Waals surface area contributed by atoms with Crippen molar-refractivity contribution in [2.45, 2.75) is 32.1 Å². The molecule has 0 aromatic rings. The summed E-state index contributed by atoms with van der Waals surface area (Å²) in [6.07, 6.45) is -0.158. The van der Waals surface area contributed by atoms with Crippen LogP contribution >= 0.6 is 11.8 Å². The Kier molecular flexibility index (Phi) is 5.11. The molecule has 0 unspecified atom stereocenters. The van der Waals surface area contributed by atoms with Crippen molar-refractivity contribution in [3.8, 4) is 0 Å². The Morgan fingerprint density at radius 2 is 1.94 bits per heavy atom. The Balaban J connectivity index is 2.65. The van der Waals surface area contributed by atoms with Gasteiger partial charge in [0.1, 0.15) is 0 Å². The number of amides is 1. The average molecular weight is 261 g/mol. The minimum absolute atomic E-state index is 0.199. The second-order valence-electron chi connectivity index (χ2n) is 3.86. The zero-order valence-corrected chi connectivity index (χ0v) is 11.3. The number of nitrogens with zero attached hydrogens (tertiary/aromatic N) is 1. The maximum absolute atomic E-state index is 11.7. The van der Waals surface area contributed by atoms with Gasteiger partial charge in [0.2, 0.25) is 0 Å². The molecule has 17 heavy (non-hydrogen) atoms. The van der Waals surface area contributed by atoms with Crippen LogP contribution in [-0.2, 0) is 14.3 Å². The molecular formula is C11H19NO4S. The van der Waals surface area contributed by atoms with E-state index in [9.17, 15) is 9.59 Å². The molecule has 0 radical (unpaired) electrons. The van der Waals surface area contributed by atoms with Gasteiger partial charge in [-0.25, -0.2) is 4.79 Å². The van der Waals surface area contributed by atoms with Gasteiger partial charge in [-0.1, -0.05) is 0 Å². The average Bonchev–Trinajstić information content (AvgIpc) is 2.60. The van der Waals surface area contributed by atoms with Crippen LogP contribution in [0.1, 0.15) is 27.2 Å². The summed E-state index contributed by atoms with van der Waals surface area (Å²) in [6, 6.07) is 0. The largest absolute Gasteiger partial charge is 0.466 e. The number of carbonyl (C=O) groups excluding carboxylic acids is 2. The second-order valence-corrected chi connectivity index (χ2v) is 5.43. The standard InChI is InChI=1S/C11H19NO4S/c1-4-15-9(13)8-11(3)12(6-7-17-11)10(14)16-5-2/h4-8H2,1-3H3/t11-/m0/s1. The molecule has 0 aromatic carbocycles. The van der Waals surface area contributed by atoms with E-state index in [1.165, 1.54) is 0 Å². The number of ether oxygens (including phenoxy) is 2. The number of carbonyl (C=O) groups is 2. The minimum atomic E-state index is -0.543. The zero-order chi connectivity index (χ0) is 12.9. The Morgan fingerprint density at radius 3 is 2.53 bits per heavy atom. The van der Waals surface area contributed by atoms with Crippen molar-refractivity contribution in [3.05, 3.63) is 0 Å². The molecule has 1 aliphatic heterocycles. The molecular weight excluding hydrogens is 242 g/mol. The molecule has 1 atom stereocenters. The molecule has 0 aliphatic carbocycles. The lowest BCUT2D eigenvalue weighted by Gasteiger charge is -2.32. The Morgan fingerprint density at radius 1 is 1.29 bits per heavy atom. The Labute approximate surface area is 106 Å².